The minimum atomic E-state index is -0.987. The Bertz CT molecular complexity index is 1260. The van der Waals surface area contributed by atoms with Crippen molar-refractivity contribution in [3.63, 3.8) is 0 Å². The summed E-state index contributed by atoms with van der Waals surface area (Å²) in [6.45, 7) is 3.02. The molecule has 1 fully saturated rings. The summed E-state index contributed by atoms with van der Waals surface area (Å²) in [5, 5.41) is 43.4. The molecule has 192 valence electrons. The molecule has 14 nitrogen and oxygen atoms in total. The van der Waals surface area contributed by atoms with Gasteiger partial charge in [0.05, 0.1) is 40.7 Å². The molecule has 1 aliphatic heterocycles. The van der Waals surface area contributed by atoms with E-state index in [4.69, 9.17) is 15.2 Å². The zero-order valence-corrected chi connectivity index (χ0v) is 19.6. The highest BCUT2D eigenvalue weighted by atomic mass is 16.6. The highest BCUT2D eigenvalue weighted by molar-refractivity contribution is 5.89. The Kier molecular flexibility index (Phi) is 7.12. The number of hydrogen-bond acceptors (Lipinski definition) is 11. The highest BCUT2D eigenvalue weighted by Crippen LogP contribution is 2.41. The molecule has 0 spiro atoms. The number of benzene rings is 1. The van der Waals surface area contributed by atoms with E-state index >= 15 is 0 Å². The number of aliphatic hydroxyl groups excluding tert-OH is 2. The van der Waals surface area contributed by atoms with Gasteiger partial charge in [0.2, 0.25) is 0 Å². The first-order valence-corrected chi connectivity index (χ1v) is 11.2. The first-order chi connectivity index (χ1) is 17.1. The lowest BCUT2D eigenvalue weighted by Crippen LogP contribution is -2.24. The third kappa shape index (κ3) is 4.58. The van der Waals surface area contributed by atoms with Gasteiger partial charge in [-0.3, -0.25) is 20.2 Å². The second-order valence-corrected chi connectivity index (χ2v) is 8.83. The molecule has 4 N–H and O–H groups in total. The van der Waals surface area contributed by atoms with Gasteiger partial charge in [-0.2, -0.15) is 0 Å². The predicted molar refractivity (Wildman–Crippen MR) is 126 cm³/mol. The molecule has 1 aliphatic rings. The van der Waals surface area contributed by atoms with E-state index in [0.717, 1.165) is 0 Å². The number of ether oxygens (including phenoxy) is 2. The molecular formula is C22H26N6O8. The van der Waals surface area contributed by atoms with Crippen molar-refractivity contribution in [3.05, 3.63) is 62.1 Å². The number of aromatic nitrogens is 3. The molecule has 3 aromatic rings. The molecule has 1 aromatic carbocycles. The summed E-state index contributed by atoms with van der Waals surface area (Å²) in [4.78, 5) is 30.4. The van der Waals surface area contributed by atoms with E-state index in [0.29, 0.717) is 16.6 Å². The number of nitrogens with zero attached hydrogens (tertiary/aromatic N) is 5. The standard InChI is InChI=1S/C22H26N6O8/c1-11(2)20(19-13(27(31)32)4-3-5-14(19)28(33)34)35-9-12-7-26(17-6-15(30)16(8-29)36-17)22-18(12)21(23)24-10-25-22/h3-5,7,10-11,15-17,20,29-30H,6,8-9H2,1-2H3,(H2,23,24,25)/t15?,16-,17-,20?/m1/s1. The van der Waals surface area contributed by atoms with E-state index in [-0.39, 0.29) is 36.9 Å². The Balaban J connectivity index is 1.73. The largest absolute Gasteiger partial charge is 0.394 e. The number of rotatable bonds is 9. The van der Waals surface area contributed by atoms with Crippen LogP contribution in [0.1, 0.15) is 43.7 Å². The molecule has 36 heavy (non-hydrogen) atoms. The zero-order valence-electron chi connectivity index (χ0n) is 19.6. The molecule has 4 rings (SSSR count). The van der Waals surface area contributed by atoms with Crippen molar-refractivity contribution in [2.45, 2.75) is 51.4 Å². The molecule has 0 aliphatic carbocycles. The zero-order chi connectivity index (χ0) is 26.1. The SMILES string of the molecule is CC(C)C(OCc1cn([C@H]2CC(O)[C@@H](CO)O2)c2ncnc(N)c12)c1c([N+](=O)[O-])cccc1[N+](=O)[O-]. The summed E-state index contributed by atoms with van der Waals surface area (Å²) in [5.41, 5.74) is 6.13. The lowest BCUT2D eigenvalue weighted by atomic mass is 9.95. The predicted octanol–water partition coefficient (Wildman–Crippen LogP) is 2.38. The van der Waals surface area contributed by atoms with Crippen molar-refractivity contribution in [1.82, 2.24) is 14.5 Å². The van der Waals surface area contributed by atoms with Gasteiger partial charge in [-0.05, 0) is 12.0 Å². The number of fused-ring (bicyclic) bond motifs is 1. The third-order valence-electron chi connectivity index (χ3n) is 6.17. The lowest BCUT2D eigenvalue weighted by molar-refractivity contribution is -0.397. The molecule has 0 amide bonds. The number of nitrogens with two attached hydrogens (primary N) is 1. The molecule has 4 atom stereocenters. The fraction of sp³-hybridized carbons (Fsp3) is 0.455. The minimum Gasteiger partial charge on any atom is -0.394 e. The Morgan fingerprint density at radius 2 is 1.92 bits per heavy atom. The lowest BCUT2D eigenvalue weighted by Gasteiger charge is -2.21. The van der Waals surface area contributed by atoms with Crippen LogP contribution < -0.4 is 5.73 Å². The Morgan fingerprint density at radius 3 is 2.47 bits per heavy atom. The van der Waals surface area contributed by atoms with E-state index in [1.54, 1.807) is 24.6 Å². The Hall–Kier alpha value is -3.72. The molecule has 2 unspecified atom stereocenters. The Morgan fingerprint density at radius 1 is 1.25 bits per heavy atom. The van der Waals surface area contributed by atoms with Crippen LogP contribution in [0.15, 0.2) is 30.7 Å². The van der Waals surface area contributed by atoms with Crippen LogP contribution in [0.5, 0.6) is 0 Å². The number of anilines is 1. The van der Waals surface area contributed by atoms with E-state index < -0.39 is 45.8 Å². The van der Waals surface area contributed by atoms with Gasteiger partial charge >= 0.3 is 0 Å². The maximum Gasteiger partial charge on any atom is 0.282 e. The molecule has 2 aromatic heterocycles. The average molecular weight is 502 g/mol. The molecule has 0 radical (unpaired) electrons. The van der Waals surface area contributed by atoms with Gasteiger partial charge in [-0.15, -0.1) is 0 Å². The molecule has 0 bridgehead atoms. The van der Waals surface area contributed by atoms with Crippen LogP contribution >= 0.6 is 0 Å². The van der Waals surface area contributed by atoms with Crippen LogP contribution in [0, 0.1) is 26.1 Å². The van der Waals surface area contributed by atoms with Crippen LogP contribution in [-0.4, -0.2) is 53.4 Å². The molecule has 0 saturated carbocycles. The van der Waals surface area contributed by atoms with Gasteiger partial charge in [0.15, 0.2) is 0 Å². The number of hydrogen-bond donors (Lipinski definition) is 3. The van der Waals surface area contributed by atoms with Crippen LogP contribution in [-0.2, 0) is 16.1 Å². The molecule has 1 saturated heterocycles. The summed E-state index contributed by atoms with van der Waals surface area (Å²) in [5.74, 6) is -0.197. The van der Waals surface area contributed by atoms with E-state index in [9.17, 15) is 30.4 Å². The van der Waals surface area contributed by atoms with Crippen molar-refractivity contribution in [2.75, 3.05) is 12.3 Å². The van der Waals surface area contributed by atoms with Crippen LogP contribution in [0.4, 0.5) is 17.2 Å². The third-order valence-corrected chi connectivity index (χ3v) is 6.17. The second kappa shape index (κ2) is 10.1. The minimum absolute atomic E-state index is 0.119. The van der Waals surface area contributed by atoms with Gasteiger partial charge < -0.3 is 30.0 Å². The van der Waals surface area contributed by atoms with Gasteiger partial charge in [0.25, 0.3) is 11.4 Å². The van der Waals surface area contributed by atoms with E-state index in [1.165, 1.54) is 24.5 Å². The van der Waals surface area contributed by atoms with Crippen molar-refractivity contribution in [2.24, 2.45) is 5.92 Å². The van der Waals surface area contributed by atoms with Gasteiger partial charge in [0.1, 0.15) is 35.7 Å². The fourth-order valence-corrected chi connectivity index (χ4v) is 4.51. The molecule has 3 heterocycles. The smallest absolute Gasteiger partial charge is 0.282 e. The number of nitro groups is 2. The molecular weight excluding hydrogens is 476 g/mol. The quantitative estimate of drug-likeness (QED) is 0.286. The van der Waals surface area contributed by atoms with Gasteiger partial charge in [-0.25, -0.2) is 9.97 Å². The summed E-state index contributed by atoms with van der Waals surface area (Å²) in [7, 11) is 0. The summed E-state index contributed by atoms with van der Waals surface area (Å²) < 4.78 is 13.5. The van der Waals surface area contributed by atoms with E-state index in [2.05, 4.69) is 9.97 Å². The number of nitrogen functional groups attached to an aromatic ring is 1. The average Bonchev–Trinajstić information content (AvgIpc) is 3.39. The van der Waals surface area contributed by atoms with Gasteiger partial charge in [-0.1, -0.05) is 13.8 Å². The van der Waals surface area contributed by atoms with Crippen LogP contribution in [0.25, 0.3) is 11.0 Å². The van der Waals surface area contributed by atoms with Crippen LogP contribution in [0.2, 0.25) is 0 Å². The number of aliphatic hydroxyl groups is 2. The second-order valence-electron chi connectivity index (χ2n) is 8.83. The van der Waals surface area contributed by atoms with Crippen LogP contribution in [0.3, 0.4) is 0 Å². The van der Waals surface area contributed by atoms with Crippen molar-refractivity contribution in [3.8, 4) is 0 Å². The maximum absolute atomic E-state index is 11.7. The first-order valence-electron chi connectivity index (χ1n) is 11.2. The summed E-state index contributed by atoms with van der Waals surface area (Å²) in [6.07, 6.45) is -0.105. The van der Waals surface area contributed by atoms with Gasteiger partial charge in [0, 0.05) is 30.3 Å². The number of nitro benzene ring substituents is 2. The normalized spacial score (nSPS) is 20.8. The Labute approximate surface area is 204 Å². The molecule has 14 heteroatoms. The summed E-state index contributed by atoms with van der Waals surface area (Å²) >= 11 is 0. The maximum atomic E-state index is 11.7. The van der Waals surface area contributed by atoms with Crippen molar-refractivity contribution < 1.29 is 29.5 Å². The fourth-order valence-electron chi connectivity index (χ4n) is 4.51. The monoisotopic (exact) mass is 502 g/mol. The van der Waals surface area contributed by atoms with E-state index in [1.807, 2.05) is 0 Å². The van der Waals surface area contributed by atoms with Crippen molar-refractivity contribution >= 4 is 28.2 Å². The van der Waals surface area contributed by atoms with Crippen molar-refractivity contribution in [1.29, 1.82) is 0 Å². The topological polar surface area (TPSA) is 202 Å². The highest BCUT2D eigenvalue weighted by Gasteiger charge is 2.37. The summed E-state index contributed by atoms with van der Waals surface area (Å²) in [6, 6.07) is 3.68. The first kappa shape index (κ1) is 25.4.